The van der Waals surface area contributed by atoms with Gasteiger partial charge in [-0.3, -0.25) is 4.90 Å². The molecule has 2 aliphatic rings. The summed E-state index contributed by atoms with van der Waals surface area (Å²) < 4.78 is 25.2. The summed E-state index contributed by atoms with van der Waals surface area (Å²) in [5, 5.41) is 8.75. The number of hydrogen-bond donors (Lipinski definition) is 1. The van der Waals surface area contributed by atoms with E-state index in [1.54, 1.807) is 0 Å². The van der Waals surface area contributed by atoms with E-state index >= 15 is 0 Å². The standard InChI is InChI=1S/C14H25BFNO3/c1-13(2)14(3,4)20-15(19-13)11-5-7-17(8-6-11)9-12(16)10-18/h5,12,18H,6-10H2,1-4H3. The number of aliphatic hydroxyl groups excluding tert-OH is 1. The molecule has 2 rings (SSSR count). The molecule has 0 aromatic rings. The van der Waals surface area contributed by atoms with Gasteiger partial charge < -0.3 is 14.4 Å². The third-order valence-electron chi connectivity index (χ3n) is 4.54. The summed E-state index contributed by atoms with van der Waals surface area (Å²) in [6.45, 7) is 9.48. The topological polar surface area (TPSA) is 41.9 Å². The lowest BCUT2D eigenvalue weighted by atomic mass is 9.75. The molecule has 114 valence electrons. The van der Waals surface area contributed by atoms with Gasteiger partial charge in [0.2, 0.25) is 0 Å². The second kappa shape index (κ2) is 5.75. The molecular weight excluding hydrogens is 260 g/mol. The van der Waals surface area contributed by atoms with Crippen LogP contribution in [0.15, 0.2) is 11.5 Å². The molecule has 6 heteroatoms. The van der Waals surface area contributed by atoms with E-state index in [1.165, 1.54) is 0 Å². The quantitative estimate of drug-likeness (QED) is 0.796. The molecule has 2 heterocycles. The minimum atomic E-state index is -1.17. The predicted octanol–water partition coefficient (Wildman–Crippen LogP) is 1.58. The molecule has 2 aliphatic heterocycles. The maximum atomic E-state index is 13.2. The Balaban J connectivity index is 1.93. The first-order valence-electron chi connectivity index (χ1n) is 7.27. The van der Waals surface area contributed by atoms with Crippen LogP contribution in [0, 0.1) is 0 Å². The first-order valence-corrected chi connectivity index (χ1v) is 7.27. The van der Waals surface area contributed by atoms with E-state index < -0.39 is 12.8 Å². The van der Waals surface area contributed by atoms with E-state index in [0.717, 1.165) is 18.4 Å². The number of alkyl halides is 1. The first kappa shape index (κ1) is 16.0. The Bertz CT molecular complexity index is 371. The molecule has 4 nitrogen and oxygen atoms in total. The molecule has 1 fully saturated rings. The summed E-state index contributed by atoms with van der Waals surface area (Å²) in [7, 11) is -0.291. The van der Waals surface area contributed by atoms with Gasteiger partial charge in [0.05, 0.1) is 17.8 Å². The minimum Gasteiger partial charge on any atom is -0.400 e. The van der Waals surface area contributed by atoms with Crippen LogP contribution in [0.4, 0.5) is 4.39 Å². The monoisotopic (exact) mass is 285 g/mol. The fourth-order valence-electron chi connectivity index (χ4n) is 2.44. The van der Waals surface area contributed by atoms with Crippen molar-refractivity contribution in [1.29, 1.82) is 0 Å². The van der Waals surface area contributed by atoms with Crippen molar-refractivity contribution in [2.45, 2.75) is 51.5 Å². The van der Waals surface area contributed by atoms with Crippen LogP contribution in [-0.4, -0.2) is 60.7 Å². The van der Waals surface area contributed by atoms with Gasteiger partial charge in [0.15, 0.2) is 0 Å². The van der Waals surface area contributed by atoms with Gasteiger partial charge in [-0.1, -0.05) is 6.08 Å². The Morgan fingerprint density at radius 3 is 2.40 bits per heavy atom. The van der Waals surface area contributed by atoms with Crippen molar-refractivity contribution in [3.05, 3.63) is 11.5 Å². The van der Waals surface area contributed by atoms with Gasteiger partial charge >= 0.3 is 7.12 Å². The summed E-state index contributed by atoms with van der Waals surface area (Å²) in [5.74, 6) is 0. The minimum absolute atomic E-state index is 0.281. The third kappa shape index (κ3) is 3.24. The Morgan fingerprint density at radius 2 is 1.95 bits per heavy atom. The highest BCUT2D eigenvalue weighted by Gasteiger charge is 2.52. The Labute approximate surface area is 121 Å². The van der Waals surface area contributed by atoms with Crippen LogP contribution in [0.2, 0.25) is 0 Å². The highest BCUT2D eigenvalue weighted by atomic mass is 19.1. The Hall–Kier alpha value is -0.425. The number of hydrogen-bond acceptors (Lipinski definition) is 4. The molecule has 1 N–H and O–H groups in total. The summed E-state index contributed by atoms with van der Waals surface area (Å²) in [6, 6.07) is 0. The van der Waals surface area contributed by atoms with E-state index in [1.807, 2.05) is 32.6 Å². The smallest absolute Gasteiger partial charge is 0.400 e. The molecule has 1 unspecified atom stereocenters. The molecule has 0 saturated carbocycles. The summed E-state index contributed by atoms with van der Waals surface area (Å²) in [4.78, 5) is 2.00. The zero-order valence-electron chi connectivity index (χ0n) is 12.9. The molecule has 1 atom stereocenters. The van der Waals surface area contributed by atoms with Gasteiger partial charge in [-0.25, -0.2) is 4.39 Å². The van der Waals surface area contributed by atoms with Crippen LogP contribution in [0.5, 0.6) is 0 Å². The normalized spacial score (nSPS) is 27.5. The van der Waals surface area contributed by atoms with Crippen LogP contribution in [-0.2, 0) is 9.31 Å². The maximum absolute atomic E-state index is 13.2. The van der Waals surface area contributed by atoms with E-state index in [4.69, 9.17) is 14.4 Å². The van der Waals surface area contributed by atoms with Crippen LogP contribution >= 0.6 is 0 Å². The predicted molar refractivity (Wildman–Crippen MR) is 77.2 cm³/mol. The number of halogens is 1. The van der Waals surface area contributed by atoms with Gasteiger partial charge in [0.25, 0.3) is 0 Å². The fraction of sp³-hybridized carbons (Fsp3) is 0.857. The largest absolute Gasteiger partial charge is 0.490 e. The number of aliphatic hydroxyl groups is 1. The van der Waals surface area contributed by atoms with Crippen molar-refractivity contribution >= 4 is 7.12 Å². The van der Waals surface area contributed by atoms with Crippen LogP contribution < -0.4 is 0 Å². The second-order valence-corrected chi connectivity index (χ2v) is 6.66. The van der Waals surface area contributed by atoms with Gasteiger partial charge in [-0.05, 0) is 39.6 Å². The van der Waals surface area contributed by atoms with Gasteiger partial charge in [-0.15, -0.1) is 0 Å². The molecule has 0 aliphatic carbocycles. The third-order valence-corrected chi connectivity index (χ3v) is 4.54. The molecule has 20 heavy (non-hydrogen) atoms. The van der Waals surface area contributed by atoms with Crippen LogP contribution in [0.1, 0.15) is 34.1 Å². The lowest BCUT2D eigenvalue weighted by Crippen LogP contribution is -2.41. The van der Waals surface area contributed by atoms with Gasteiger partial charge in [0.1, 0.15) is 6.17 Å². The van der Waals surface area contributed by atoms with Crippen molar-refractivity contribution in [1.82, 2.24) is 4.90 Å². The van der Waals surface area contributed by atoms with Crippen molar-refractivity contribution < 1.29 is 18.8 Å². The molecular formula is C14H25BFNO3. The highest BCUT2D eigenvalue weighted by molar-refractivity contribution is 6.54. The molecule has 0 amide bonds. The average Bonchev–Trinajstić information content (AvgIpc) is 2.59. The fourth-order valence-corrected chi connectivity index (χ4v) is 2.44. The summed E-state index contributed by atoms with van der Waals surface area (Å²) >= 11 is 0. The van der Waals surface area contributed by atoms with Gasteiger partial charge in [0, 0.05) is 19.6 Å². The van der Waals surface area contributed by atoms with Crippen molar-refractivity contribution in [2.24, 2.45) is 0 Å². The Kier molecular flexibility index (Phi) is 4.59. The van der Waals surface area contributed by atoms with Crippen LogP contribution in [0.3, 0.4) is 0 Å². The Morgan fingerprint density at radius 1 is 1.35 bits per heavy atom. The lowest BCUT2D eigenvalue weighted by molar-refractivity contribution is 0.00578. The lowest BCUT2D eigenvalue weighted by Gasteiger charge is -2.32. The highest BCUT2D eigenvalue weighted by Crippen LogP contribution is 2.39. The first-order chi connectivity index (χ1) is 9.25. The molecule has 1 saturated heterocycles. The second-order valence-electron chi connectivity index (χ2n) is 6.66. The van der Waals surface area contributed by atoms with E-state index in [2.05, 4.69) is 6.08 Å². The zero-order chi connectivity index (χ0) is 15.0. The summed E-state index contributed by atoms with van der Waals surface area (Å²) in [6.07, 6.45) is 1.71. The molecule has 0 aromatic heterocycles. The molecule has 0 spiro atoms. The average molecular weight is 285 g/mol. The maximum Gasteiger partial charge on any atom is 0.490 e. The van der Waals surface area contributed by atoms with E-state index in [0.29, 0.717) is 6.54 Å². The van der Waals surface area contributed by atoms with Crippen molar-refractivity contribution in [3.63, 3.8) is 0 Å². The molecule has 0 radical (unpaired) electrons. The van der Waals surface area contributed by atoms with Crippen molar-refractivity contribution in [2.75, 3.05) is 26.2 Å². The van der Waals surface area contributed by atoms with Crippen LogP contribution in [0.25, 0.3) is 0 Å². The molecule has 0 bridgehead atoms. The van der Waals surface area contributed by atoms with Crippen molar-refractivity contribution in [3.8, 4) is 0 Å². The summed E-state index contributed by atoms with van der Waals surface area (Å²) in [5.41, 5.74) is 0.493. The van der Waals surface area contributed by atoms with E-state index in [-0.39, 0.29) is 24.9 Å². The van der Waals surface area contributed by atoms with E-state index in [9.17, 15) is 4.39 Å². The number of nitrogens with zero attached hydrogens (tertiary/aromatic N) is 1. The van der Waals surface area contributed by atoms with Gasteiger partial charge in [-0.2, -0.15) is 0 Å². The SMILES string of the molecule is CC1(C)OB(C2=CCN(CC(F)CO)CC2)OC1(C)C. The number of rotatable bonds is 4. The zero-order valence-corrected chi connectivity index (χ0v) is 12.9. The molecule has 0 aromatic carbocycles.